The Balaban J connectivity index is 0.000000479. The summed E-state index contributed by atoms with van der Waals surface area (Å²) in [4.78, 5) is 27.1. The molecule has 1 aliphatic rings. The van der Waals surface area contributed by atoms with Gasteiger partial charge in [-0.3, -0.25) is 15.2 Å². The van der Waals surface area contributed by atoms with Crippen LogP contribution in [0.1, 0.15) is 17.5 Å². The van der Waals surface area contributed by atoms with E-state index in [1.165, 1.54) is 23.1 Å². The number of hydrogen-bond acceptors (Lipinski definition) is 8. The summed E-state index contributed by atoms with van der Waals surface area (Å²) >= 11 is 1.12. The number of nitrogens with zero attached hydrogens (tertiary/aromatic N) is 2. The number of alkyl halides is 3. The standard InChI is InChI=1S/C19H19N5O4S2.C2HF3O2/c20-18(21)11-1-2-15(25)13(7-11)10-24-6-4-14(19(24)26)23-30(27,28)17-8-12-9-22-5-3-16(12)29-17;3-2(4,5)1(6)7/h1-3,5,7-9,14,23,25H,4,6,10H2,(H3,20,21);(H,6,7). The normalized spacial score (nSPS) is 15.9. The van der Waals surface area contributed by atoms with Gasteiger partial charge in [-0.2, -0.15) is 17.9 Å². The van der Waals surface area contributed by atoms with Crippen LogP contribution in [0.15, 0.2) is 46.9 Å². The average molecular weight is 560 g/mol. The van der Waals surface area contributed by atoms with Gasteiger partial charge in [0.25, 0.3) is 10.0 Å². The number of carboxylic acid groups (broad SMARTS) is 1. The number of nitrogens with two attached hydrogens (primary N) is 1. The average Bonchev–Trinajstić information content (AvgIpc) is 3.39. The third-order valence-corrected chi connectivity index (χ3v) is 8.21. The van der Waals surface area contributed by atoms with E-state index in [-0.39, 0.29) is 28.2 Å². The highest BCUT2D eigenvalue weighted by Crippen LogP contribution is 2.29. The molecular weight excluding hydrogens is 539 g/mol. The van der Waals surface area contributed by atoms with Gasteiger partial charge in [-0.15, -0.1) is 11.3 Å². The van der Waals surface area contributed by atoms with Crippen molar-refractivity contribution in [3.05, 3.63) is 53.9 Å². The van der Waals surface area contributed by atoms with Crippen molar-refractivity contribution in [2.24, 2.45) is 5.73 Å². The van der Waals surface area contributed by atoms with Crippen LogP contribution in [0.2, 0.25) is 0 Å². The molecule has 0 radical (unpaired) electrons. The number of aromatic hydroxyl groups is 1. The molecular formula is C21H20F3N5O6S2. The minimum absolute atomic E-state index is 0.0179. The number of amidine groups is 1. The number of rotatable bonds is 6. The lowest BCUT2D eigenvalue weighted by molar-refractivity contribution is -0.192. The van der Waals surface area contributed by atoms with Crippen LogP contribution >= 0.6 is 11.3 Å². The second kappa shape index (κ2) is 10.7. The fourth-order valence-corrected chi connectivity index (χ4v) is 5.93. The summed E-state index contributed by atoms with van der Waals surface area (Å²) in [5.74, 6) is -3.29. The van der Waals surface area contributed by atoms with E-state index in [0.29, 0.717) is 24.1 Å². The van der Waals surface area contributed by atoms with E-state index in [1.54, 1.807) is 24.5 Å². The van der Waals surface area contributed by atoms with Gasteiger partial charge in [0.1, 0.15) is 21.8 Å². The van der Waals surface area contributed by atoms with E-state index in [0.717, 1.165) is 21.4 Å². The zero-order valence-electron chi connectivity index (χ0n) is 18.7. The number of aliphatic carboxylic acids is 1. The lowest BCUT2D eigenvalue weighted by atomic mass is 10.1. The van der Waals surface area contributed by atoms with Gasteiger partial charge in [-0.1, -0.05) is 0 Å². The number of benzene rings is 1. The molecule has 0 saturated carbocycles. The number of likely N-dealkylation sites (tertiary alicyclic amines) is 1. The van der Waals surface area contributed by atoms with Crippen molar-refractivity contribution in [2.45, 2.75) is 29.4 Å². The lowest BCUT2D eigenvalue weighted by Gasteiger charge is -2.18. The molecule has 16 heteroatoms. The fraction of sp³-hybridized carbons (Fsp3) is 0.238. The summed E-state index contributed by atoms with van der Waals surface area (Å²) in [6.45, 7) is 0.435. The second-order valence-corrected chi connectivity index (χ2v) is 10.8. The Morgan fingerprint density at radius 3 is 2.57 bits per heavy atom. The molecule has 1 aromatic carbocycles. The van der Waals surface area contributed by atoms with Crippen LogP contribution in [0.3, 0.4) is 0 Å². The zero-order chi connectivity index (χ0) is 27.5. The van der Waals surface area contributed by atoms with Crippen molar-refractivity contribution in [2.75, 3.05) is 6.54 Å². The highest BCUT2D eigenvalue weighted by molar-refractivity contribution is 7.91. The molecule has 1 fully saturated rings. The van der Waals surface area contributed by atoms with Gasteiger partial charge in [0.15, 0.2) is 0 Å². The number of carbonyl (C=O) groups excluding carboxylic acids is 1. The number of nitrogens with one attached hydrogen (secondary N) is 2. The Hall–Kier alpha value is -3.76. The predicted octanol–water partition coefficient (Wildman–Crippen LogP) is 2.00. The number of carboxylic acids is 1. The van der Waals surface area contributed by atoms with Gasteiger partial charge in [0.05, 0.1) is 0 Å². The number of fused-ring (bicyclic) bond motifs is 1. The Labute approximate surface area is 211 Å². The molecule has 1 atom stereocenters. The summed E-state index contributed by atoms with van der Waals surface area (Å²) in [7, 11) is -3.86. The molecule has 0 aliphatic carbocycles. The number of aromatic nitrogens is 1. The molecule has 0 spiro atoms. The monoisotopic (exact) mass is 559 g/mol. The van der Waals surface area contributed by atoms with Crippen LogP contribution in [0, 0.1) is 5.41 Å². The number of sulfonamides is 1. The molecule has 0 bridgehead atoms. The van der Waals surface area contributed by atoms with Crippen molar-refractivity contribution in [3.8, 4) is 5.75 Å². The van der Waals surface area contributed by atoms with Crippen molar-refractivity contribution in [3.63, 3.8) is 0 Å². The minimum Gasteiger partial charge on any atom is -0.508 e. The lowest BCUT2D eigenvalue weighted by Crippen LogP contribution is -2.41. The van der Waals surface area contributed by atoms with Crippen LogP contribution in [-0.2, 0) is 26.2 Å². The number of thiophene rings is 1. The summed E-state index contributed by atoms with van der Waals surface area (Å²) in [5.41, 5.74) is 6.36. The first-order chi connectivity index (χ1) is 17.2. The van der Waals surface area contributed by atoms with E-state index in [4.69, 9.17) is 21.0 Å². The Morgan fingerprint density at radius 2 is 1.97 bits per heavy atom. The summed E-state index contributed by atoms with van der Waals surface area (Å²) < 4.78 is 60.7. The van der Waals surface area contributed by atoms with Crippen LogP contribution in [0.5, 0.6) is 5.75 Å². The maximum atomic E-state index is 12.8. The van der Waals surface area contributed by atoms with Gasteiger partial charge in [0.2, 0.25) is 5.91 Å². The molecule has 1 unspecified atom stereocenters. The number of phenols is 1. The van der Waals surface area contributed by atoms with Crippen molar-refractivity contribution < 1.29 is 41.4 Å². The van der Waals surface area contributed by atoms with Gasteiger partial charge in [0, 0.05) is 46.7 Å². The molecule has 198 valence electrons. The first-order valence-electron chi connectivity index (χ1n) is 10.3. The van der Waals surface area contributed by atoms with Crippen molar-refractivity contribution in [1.29, 1.82) is 5.41 Å². The number of hydrogen-bond donors (Lipinski definition) is 5. The summed E-state index contributed by atoms with van der Waals surface area (Å²) in [6.07, 6.45) is -1.58. The smallest absolute Gasteiger partial charge is 0.490 e. The van der Waals surface area contributed by atoms with E-state index < -0.39 is 28.2 Å². The third-order valence-electron chi connectivity index (χ3n) is 5.15. The molecule has 37 heavy (non-hydrogen) atoms. The number of pyridine rings is 1. The van der Waals surface area contributed by atoms with Gasteiger partial charge in [-0.05, 0) is 36.8 Å². The van der Waals surface area contributed by atoms with Crippen LogP contribution in [0.25, 0.3) is 10.1 Å². The first kappa shape index (κ1) is 27.8. The summed E-state index contributed by atoms with van der Waals surface area (Å²) in [5, 5.41) is 25.4. The number of nitrogen functional groups attached to an aromatic ring is 1. The highest BCUT2D eigenvalue weighted by atomic mass is 32.2. The minimum atomic E-state index is -5.08. The predicted molar refractivity (Wildman–Crippen MR) is 127 cm³/mol. The fourth-order valence-electron chi connectivity index (χ4n) is 3.33. The van der Waals surface area contributed by atoms with Crippen LogP contribution in [0.4, 0.5) is 13.2 Å². The second-order valence-electron chi connectivity index (χ2n) is 7.76. The molecule has 1 saturated heterocycles. The van der Waals surface area contributed by atoms with Gasteiger partial charge < -0.3 is 20.8 Å². The number of carbonyl (C=O) groups is 2. The van der Waals surface area contributed by atoms with Crippen molar-refractivity contribution >= 4 is 49.2 Å². The SMILES string of the molecule is N=C(N)c1ccc(O)c(CN2CCC(NS(=O)(=O)c3cc4cnccc4s3)C2=O)c1.O=C(O)C(F)(F)F. The van der Waals surface area contributed by atoms with Crippen LogP contribution < -0.4 is 10.5 Å². The Kier molecular flexibility index (Phi) is 8.04. The molecule has 2 aromatic heterocycles. The quantitative estimate of drug-likeness (QED) is 0.224. The largest absolute Gasteiger partial charge is 0.508 e. The van der Waals surface area contributed by atoms with E-state index in [1.807, 2.05) is 0 Å². The maximum absolute atomic E-state index is 12.8. The van der Waals surface area contributed by atoms with Crippen molar-refractivity contribution in [1.82, 2.24) is 14.6 Å². The molecule has 6 N–H and O–H groups in total. The number of halogens is 3. The Bertz CT molecular complexity index is 1430. The molecule has 1 amide bonds. The van der Waals surface area contributed by atoms with Gasteiger partial charge in [-0.25, -0.2) is 13.2 Å². The molecule has 1 aliphatic heterocycles. The molecule has 4 rings (SSSR count). The van der Waals surface area contributed by atoms with E-state index in [9.17, 15) is 31.5 Å². The Morgan fingerprint density at radius 1 is 1.30 bits per heavy atom. The number of phenolic OH excluding ortho intramolecular Hbond substituents is 1. The van der Waals surface area contributed by atoms with Gasteiger partial charge >= 0.3 is 12.1 Å². The van der Waals surface area contributed by atoms with E-state index >= 15 is 0 Å². The summed E-state index contributed by atoms with van der Waals surface area (Å²) in [6, 6.07) is 6.89. The first-order valence-corrected chi connectivity index (χ1v) is 12.6. The van der Waals surface area contributed by atoms with E-state index in [2.05, 4.69) is 9.71 Å². The van der Waals surface area contributed by atoms with Crippen LogP contribution in [-0.4, -0.2) is 65.0 Å². The topological polar surface area (TPSA) is 187 Å². The molecule has 3 heterocycles. The maximum Gasteiger partial charge on any atom is 0.490 e. The molecule has 11 nitrogen and oxygen atoms in total. The highest BCUT2D eigenvalue weighted by Gasteiger charge is 2.38. The number of amides is 1. The third kappa shape index (κ3) is 6.72. The zero-order valence-corrected chi connectivity index (χ0v) is 20.3. The molecule has 3 aromatic rings.